The molecule has 7 heteroatoms. The Morgan fingerprint density at radius 1 is 1.35 bits per heavy atom. The third-order valence-corrected chi connectivity index (χ3v) is 2.56. The van der Waals surface area contributed by atoms with Gasteiger partial charge in [0.15, 0.2) is 5.15 Å². The summed E-state index contributed by atoms with van der Waals surface area (Å²) in [6.45, 7) is 3.08. The Morgan fingerprint density at radius 2 is 2.10 bits per heavy atom. The number of ether oxygens (including phenoxy) is 2. The van der Waals surface area contributed by atoms with Crippen molar-refractivity contribution in [2.45, 2.75) is 13.8 Å². The average molecular weight is 295 g/mol. The molecule has 0 saturated heterocycles. The van der Waals surface area contributed by atoms with Crippen molar-refractivity contribution in [1.29, 1.82) is 0 Å². The number of halogens is 1. The van der Waals surface area contributed by atoms with E-state index in [2.05, 4.69) is 5.10 Å². The highest BCUT2D eigenvalue weighted by Gasteiger charge is 2.12. The summed E-state index contributed by atoms with van der Waals surface area (Å²) >= 11 is 5.58. The highest BCUT2D eigenvalue weighted by Crippen LogP contribution is 2.26. The summed E-state index contributed by atoms with van der Waals surface area (Å²) in [5.41, 5.74) is 0.707. The predicted octanol–water partition coefficient (Wildman–Crippen LogP) is 2.39. The van der Waals surface area contributed by atoms with Crippen molar-refractivity contribution < 1.29 is 19.1 Å². The Kier molecular flexibility index (Phi) is 4.05. The van der Waals surface area contributed by atoms with Gasteiger partial charge in [-0.2, -0.15) is 0 Å². The molecule has 0 radical (unpaired) electrons. The first-order chi connectivity index (χ1) is 9.45. The molecule has 0 N–H and O–H groups in total. The van der Waals surface area contributed by atoms with Gasteiger partial charge in [0.05, 0.1) is 6.07 Å². The van der Waals surface area contributed by atoms with Gasteiger partial charge in [0.25, 0.3) is 0 Å². The highest BCUT2D eigenvalue weighted by molar-refractivity contribution is 6.29. The average Bonchev–Trinajstić information content (AvgIpc) is 2.34. The minimum atomic E-state index is -0.405. The summed E-state index contributed by atoms with van der Waals surface area (Å²) in [6, 6.07) is 7.68. The molecule has 0 saturated carbocycles. The van der Waals surface area contributed by atoms with E-state index in [9.17, 15) is 10.0 Å². The molecular formula is C13H11ClN2O4. The molecule has 1 aromatic carbocycles. The lowest BCUT2D eigenvalue weighted by atomic mass is 10.2. The maximum Gasteiger partial charge on any atom is 0.411 e. The number of carbonyl (C=O) groups is 1. The van der Waals surface area contributed by atoms with E-state index in [1.165, 1.54) is 19.1 Å². The minimum absolute atomic E-state index is 0.00210. The zero-order chi connectivity index (χ0) is 14.7. The fourth-order valence-corrected chi connectivity index (χ4v) is 1.66. The maximum atomic E-state index is 11.5. The summed E-state index contributed by atoms with van der Waals surface area (Å²) in [5, 5.41) is 15.1. The second-order valence-corrected chi connectivity index (χ2v) is 4.38. The number of esters is 1. The number of carbonyl (C=O) groups excluding carboxylic acids is 1. The lowest BCUT2D eigenvalue weighted by Crippen LogP contribution is -2.32. The van der Waals surface area contributed by atoms with Gasteiger partial charge in [-0.3, -0.25) is 4.79 Å². The molecule has 2 aromatic rings. The second kappa shape index (κ2) is 5.75. The molecule has 20 heavy (non-hydrogen) atoms. The first kappa shape index (κ1) is 14.1. The molecule has 0 amide bonds. The molecule has 0 atom stereocenters. The number of nitrogens with zero attached hydrogens (tertiary/aromatic N) is 2. The number of hydrogen-bond acceptors (Lipinski definition) is 5. The summed E-state index contributed by atoms with van der Waals surface area (Å²) in [6.07, 6.45) is 0. The van der Waals surface area contributed by atoms with E-state index < -0.39 is 5.97 Å². The summed E-state index contributed by atoms with van der Waals surface area (Å²) in [4.78, 5) is 11.2. The molecule has 0 aliphatic carbocycles. The molecular weight excluding hydrogens is 284 g/mol. The number of benzene rings is 1. The van der Waals surface area contributed by atoms with Crippen LogP contribution in [0, 0.1) is 12.1 Å². The third-order valence-electron chi connectivity index (χ3n) is 2.36. The van der Waals surface area contributed by atoms with E-state index >= 15 is 0 Å². The number of aryl methyl sites for hydroxylation is 1. The van der Waals surface area contributed by atoms with Gasteiger partial charge >= 0.3 is 11.8 Å². The van der Waals surface area contributed by atoms with Crippen LogP contribution in [0.4, 0.5) is 0 Å². The van der Waals surface area contributed by atoms with Gasteiger partial charge in [-0.1, -0.05) is 11.6 Å². The van der Waals surface area contributed by atoms with Crippen LogP contribution in [0.2, 0.25) is 5.15 Å². The van der Waals surface area contributed by atoms with Crippen molar-refractivity contribution in [2.24, 2.45) is 0 Å². The van der Waals surface area contributed by atoms with Crippen LogP contribution in [0.1, 0.15) is 12.5 Å². The van der Waals surface area contributed by atoms with E-state index in [0.29, 0.717) is 21.9 Å². The van der Waals surface area contributed by atoms with E-state index in [-0.39, 0.29) is 11.0 Å². The number of rotatable bonds is 3. The molecule has 1 aromatic heterocycles. The monoisotopic (exact) mass is 294 g/mol. The Morgan fingerprint density at radius 3 is 2.70 bits per heavy atom. The van der Waals surface area contributed by atoms with Crippen LogP contribution in [0.15, 0.2) is 30.3 Å². The smallest absolute Gasteiger partial charge is 0.411 e. The molecule has 6 nitrogen and oxygen atoms in total. The van der Waals surface area contributed by atoms with Gasteiger partial charge in [-0.05, 0) is 41.6 Å². The summed E-state index contributed by atoms with van der Waals surface area (Å²) in [7, 11) is 0. The van der Waals surface area contributed by atoms with Gasteiger partial charge in [0, 0.05) is 12.0 Å². The largest absolute Gasteiger partial charge is 0.591 e. The van der Waals surface area contributed by atoms with Gasteiger partial charge in [-0.15, -0.1) is 0 Å². The Labute approximate surface area is 120 Å². The molecule has 0 bridgehead atoms. The maximum absolute atomic E-state index is 11.5. The molecule has 0 unspecified atom stereocenters. The number of hydrogen-bond donors (Lipinski definition) is 0. The topological polar surface area (TPSA) is 75.4 Å². The second-order valence-electron chi connectivity index (χ2n) is 3.99. The van der Waals surface area contributed by atoms with E-state index in [1.54, 1.807) is 25.1 Å². The Hall–Kier alpha value is -2.34. The standard InChI is InChI=1S/C13H11ClN2O4/c1-8-7-10(19-9(2)17)3-4-11(8)20-13-6-5-12(14)15-16(13)18/h3-7H,1-2H3. The van der Waals surface area contributed by atoms with Gasteiger partial charge in [-0.25, -0.2) is 0 Å². The van der Waals surface area contributed by atoms with Crippen LogP contribution in [-0.2, 0) is 4.79 Å². The van der Waals surface area contributed by atoms with Crippen molar-refractivity contribution in [2.75, 3.05) is 0 Å². The van der Waals surface area contributed by atoms with Crippen LogP contribution >= 0.6 is 11.6 Å². The van der Waals surface area contributed by atoms with Crippen molar-refractivity contribution in [3.63, 3.8) is 0 Å². The number of aromatic nitrogens is 2. The summed E-state index contributed by atoms with van der Waals surface area (Å²) in [5.74, 6) is 0.455. The van der Waals surface area contributed by atoms with E-state index in [4.69, 9.17) is 21.1 Å². The highest BCUT2D eigenvalue weighted by atomic mass is 35.5. The fraction of sp³-hybridized carbons (Fsp3) is 0.154. The van der Waals surface area contributed by atoms with Crippen molar-refractivity contribution in [3.05, 3.63) is 46.3 Å². The van der Waals surface area contributed by atoms with E-state index in [0.717, 1.165) is 0 Å². The Bertz CT molecular complexity index is 661. The van der Waals surface area contributed by atoms with Crippen LogP contribution < -0.4 is 14.3 Å². The fourth-order valence-electron chi connectivity index (χ4n) is 1.52. The minimum Gasteiger partial charge on any atom is -0.591 e. The molecule has 0 spiro atoms. The first-order valence-corrected chi connectivity index (χ1v) is 6.07. The molecule has 1 heterocycles. The van der Waals surface area contributed by atoms with E-state index in [1.807, 2.05) is 0 Å². The normalized spacial score (nSPS) is 10.2. The molecule has 0 aliphatic rings. The predicted molar refractivity (Wildman–Crippen MR) is 70.8 cm³/mol. The molecule has 0 aliphatic heterocycles. The van der Waals surface area contributed by atoms with Gasteiger partial charge < -0.3 is 14.7 Å². The van der Waals surface area contributed by atoms with Crippen LogP contribution in [0.5, 0.6) is 17.4 Å². The van der Waals surface area contributed by atoms with Crippen LogP contribution in [0.25, 0.3) is 0 Å². The van der Waals surface area contributed by atoms with Crippen molar-refractivity contribution in [1.82, 2.24) is 5.10 Å². The quantitative estimate of drug-likeness (QED) is 0.376. The van der Waals surface area contributed by atoms with Gasteiger partial charge in [0.1, 0.15) is 11.5 Å². The zero-order valence-corrected chi connectivity index (χ0v) is 11.5. The molecule has 0 fully saturated rings. The summed E-state index contributed by atoms with van der Waals surface area (Å²) < 4.78 is 10.4. The van der Waals surface area contributed by atoms with Crippen molar-refractivity contribution >= 4 is 17.6 Å². The van der Waals surface area contributed by atoms with Gasteiger partial charge in [0.2, 0.25) is 0 Å². The lowest BCUT2D eigenvalue weighted by molar-refractivity contribution is -0.673. The molecule has 2 rings (SSSR count). The van der Waals surface area contributed by atoms with Crippen LogP contribution in [0.3, 0.4) is 0 Å². The zero-order valence-electron chi connectivity index (χ0n) is 10.8. The SMILES string of the molecule is CC(=O)Oc1ccc(Oc2ccc(Cl)n[n+]2[O-])c(C)c1. The third kappa shape index (κ3) is 3.36. The molecule has 104 valence electrons. The lowest BCUT2D eigenvalue weighted by Gasteiger charge is -2.08. The first-order valence-electron chi connectivity index (χ1n) is 5.69. The van der Waals surface area contributed by atoms with Crippen molar-refractivity contribution in [3.8, 4) is 17.4 Å². The van der Waals surface area contributed by atoms with Crippen LogP contribution in [-0.4, -0.2) is 11.1 Å². The Balaban J connectivity index is 2.23.